The van der Waals surface area contributed by atoms with Crippen molar-refractivity contribution >= 4 is 22.9 Å². The lowest BCUT2D eigenvalue weighted by atomic mass is 10.0. The second-order valence-corrected chi connectivity index (χ2v) is 8.36. The van der Waals surface area contributed by atoms with E-state index in [1.165, 1.54) is 49.8 Å². The molecule has 1 aromatic heterocycles. The van der Waals surface area contributed by atoms with E-state index in [2.05, 4.69) is 35.3 Å². The van der Waals surface area contributed by atoms with Crippen LogP contribution < -0.4 is 5.32 Å². The number of thiophene rings is 1. The average Bonchev–Trinajstić information content (AvgIpc) is 3.35. The van der Waals surface area contributed by atoms with Crippen LogP contribution in [0, 0.1) is 0 Å². The third-order valence-corrected chi connectivity index (χ3v) is 6.39. The van der Waals surface area contributed by atoms with E-state index < -0.39 is 0 Å². The zero-order chi connectivity index (χ0) is 17.2. The number of hydrogen-bond acceptors (Lipinski definition) is 3. The molecule has 1 aliphatic carbocycles. The van der Waals surface area contributed by atoms with Gasteiger partial charge < -0.3 is 5.32 Å². The van der Waals surface area contributed by atoms with Gasteiger partial charge in [0.25, 0.3) is 5.91 Å². The van der Waals surface area contributed by atoms with Gasteiger partial charge >= 0.3 is 0 Å². The van der Waals surface area contributed by atoms with E-state index >= 15 is 0 Å². The van der Waals surface area contributed by atoms with Gasteiger partial charge in [-0.3, -0.25) is 9.69 Å². The maximum absolute atomic E-state index is 12.6. The summed E-state index contributed by atoms with van der Waals surface area (Å²) in [7, 11) is 0. The van der Waals surface area contributed by atoms with Crippen molar-refractivity contribution in [3.05, 3.63) is 51.7 Å². The van der Waals surface area contributed by atoms with Crippen molar-refractivity contribution in [3.63, 3.8) is 0 Å². The molecule has 1 saturated heterocycles. The van der Waals surface area contributed by atoms with E-state index in [0.29, 0.717) is 12.0 Å². The predicted octanol–water partition coefficient (Wildman–Crippen LogP) is 5.25. The minimum Gasteiger partial charge on any atom is -0.321 e. The molecule has 0 radical (unpaired) electrons. The zero-order valence-electron chi connectivity index (χ0n) is 14.8. The Labute approximate surface area is 154 Å². The van der Waals surface area contributed by atoms with Crippen LogP contribution in [0.25, 0.3) is 0 Å². The molecule has 1 saturated carbocycles. The van der Waals surface area contributed by atoms with E-state index in [1.807, 2.05) is 17.5 Å². The van der Waals surface area contributed by atoms with Gasteiger partial charge in [0.05, 0.1) is 4.88 Å². The molecule has 25 heavy (non-hydrogen) atoms. The van der Waals surface area contributed by atoms with Crippen LogP contribution in [0.15, 0.2) is 35.7 Å². The second kappa shape index (κ2) is 7.30. The van der Waals surface area contributed by atoms with Gasteiger partial charge in [-0.1, -0.05) is 18.6 Å². The minimum absolute atomic E-state index is 0.0364. The third-order valence-electron chi connectivity index (χ3n) is 5.46. The van der Waals surface area contributed by atoms with E-state index in [4.69, 9.17) is 0 Å². The summed E-state index contributed by atoms with van der Waals surface area (Å²) in [4.78, 5) is 16.0. The van der Waals surface area contributed by atoms with Crippen molar-refractivity contribution < 1.29 is 4.79 Å². The highest BCUT2D eigenvalue weighted by Crippen LogP contribution is 2.43. The Hall–Kier alpha value is -1.65. The second-order valence-electron chi connectivity index (χ2n) is 7.45. The maximum Gasteiger partial charge on any atom is 0.266 e. The first-order valence-corrected chi connectivity index (χ1v) is 10.3. The lowest BCUT2D eigenvalue weighted by Gasteiger charge is -2.33. The molecule has 2 heterocycles. The van der Waals surface area contributed by atoms with Crippen LogP contribution in [0.1, 0.15) is 65.7 Å². The number of nitrogens with one attached hydrogen (secondary N) is 1. The molecule has 2 fully saturated rings. The van der Waals surface area contributed by atoms with Crippen molar-refractivity contribution in [1.82, 2.24) is 4.90 Å². The molecule has 4 heteroatoms. The number of carbonyl (C=O) groups is 1. The molecule has 1 unspecified atom stereocenters. The maximum atomic E-state index is 12.6. The number of hydrogen-bond donors (Lipinski definition) is 1. The van der Waals surface area contributed by atoms with Crippen LogP contribution in [0.5, 0.6) is 0 Å². The number of likely N-dealkylation sites (tertiary alicyclic amines) is 1. The number of carbonyl (C=O) groups excluding carboxylic acids is 1. The number of amides is 1. The standard InChI is InChI=1S/C21H26N2OS/c1-15-4-2-3-12-23(15)14-16-5-9-18(10-6-16)22-21(24)20-19(11-13-25-20)17-7-8-17/h5-6,9-11,13,15,17H,2-4,7-8,12,14H2,1H3,(H,22,24). The van der Waals surface area contributed by atoms with Crippen LogP contribution in [-0.4, -0.2) is 23.4 Å². The average molecular weight is 355 g/mol. The normalized spacial score (nSPS) is 21.2. The molecule has 0 spiro atoms. The first-order chi connectivity index (χ1) is 12.2. The summed E-state index contributed by atoms with van der Waals surface area (Å²) < 4.78 is 0. The van der Waals surface area contributed by atoms with Crippen LogP contribution in [0.4, 0.5) is 5.69 Å². The molecule has 3 nitrogen and oxygen atoms in total. The largest absolute Gasteiger partial charge is 0.321 e. The van der Waals surface area contributed by atoms with E-state index in [9.17, 15) is 4.79 Å². The molecule has 2 aromatic rings. The SMILES string of the molecule is CC1CCCCN1Cc1ccc(NC(=O)c2sccc2C2CC2)cc1. The molecule has 132 valence electrons. The van der Waals surface area contributed by atoms with Gasteiger partial charge in [0, 0.05) is 18.3 Å². The molecular weight excluding hydrogens is 328 g/mol. The van der Waals surface area contributed by atoms with Crippen molar-refractivity contribution in [3.8, 4) is 0 Å². The Morgan fingerprint density at radius 1 is 1.16 bits per heavy atom. The highest BCUT2D eigenvalue weighted by atomic mass is 32.1. The summed E-state index contributed by atoms with van der Waals surface area (Å²) in [6, 6.07) is 11.1. The lowest BCUT2D eigenvalue weighted by Crippen LogP contribution is -2.36. The number of benzene rings is 1. The van der Waals surface area contributed by atoms with Crippen LogP contribution in [0.3, 0.4) is 0 Å². The molecular formula is C21H26N2OS. The summed E-state index contributed by atoms with van der Waals surface area (Å²) in [5, 5.41) is 5.10. The molecule has 2 aliphatic rings. The summed E-state index contributed by atoms with van der Waals surface area (Å²) in [5.41, 5.74) is 3.44. The van der Waals surface area contributed by atoms with Gasteiger partial charge in [-0.2, -0.15) is 0 Å². The Kier molecular flexibility index (Phi) is 4.91. The Morgan fingerprint density at radius 2 is 1.96 bits per heavy atom. The Bertz CT molecular complexity index is 733. The fourth-order valence-electron chi connectivity index (χ4n) is 3.73. The number of nitrogens with zero attached hydrogens (tertiary/aromatic N) is 1. The summed E-state index contributed by atoms with van der Waals surface area (Å²) in [6.07, 6.45) is 6.41. The van der Waals surface area contributed by atoms with E-state index in [-0.39, 0.29) is 5.91 Å². The third kappa shape index (κ3) is 3.96. The van der Waals surface area contributed by atoms with Crippen molar-refractivity contribution in [2.75, 3.05) is 11.9 Å². The Balaban J connectivity index is 1.38. The van der Waals surface area contributed by atoms with Gasteiger partial charge in [-0.15, -0.1) is 11.3 Å². The van der Waals surface area contributed by atoms with Crippen molar-refractivity contribution in [1.29, 1.82) is 0 Å². The number of rotatable bonds is 5. The van der Waals surface area contributed by atoms with Crippen LogP contribution >= 0.6 is 11.3 Å². The molecule has 1 amide bonds. The van der Waals surface area contributed by atoms with Crippen LogP contribution in [-0.2, 0) is 6.54 Å². The number of piperidine rings is 1. The molecule has 1 N–H and O–H groups in total. The van der Waals surface area contributed by atoms with Gasteiger partial charge in [0.1, 0.15) is 0 Å². The topological polar surface area (TPSA) is 32.3 Å². The highest BCUT2D eigenvalue weighted by Gasteiger charge is 2.28. The summed E-state index contributed by atoms with van der Waals surface area (Å²) in [5.74, 6) is 0.648. The van der Waals surface area contributed by atoms with Crippen molar-refractivity contribution in [2.24, 2.45) is 0 Å². The molecule has 1 aliphatic heterocycles. The smallest absolute Gasteiger partial charge is 0.266 e. The number of anilines is 1. The van der Waals surface area contributed by atoms with E-state index in [1.54, 1.807) is 11.3 Å². The highest BCUT2D eigenvalue weighted by molar-refractivity contribution is 7.12. The van der Waals surface area contributed by atoms with Crippen LogP contribution in [0.2, 0.25) is 0 Å². The minimum atomic E-state index is 0.0364. The summed E-state index contributed by atoms with van der Waals surface area (Å²) in [6.45, 7) is 4.53. The van der Waals surface area contributed by atoms with Gasteiger partial charge in [0.2, 0.25) is 0 Å². The Morgan fingerprint density at radius 3 is 2.68 bits per heavy atom. The first-order valence-electron chi connectivity index (χ1n) is 9.42. The van der Waals surface area contributed by atoms with Crippen molar-refractivity contribution in [2.45, 2.75) is 57.5 Å². The van der Waals surface area contributed by atoms with Gasteiger partial charge in [-0.25, -0.2) is 0 Å². The molecule has 0 bridgehead atoms. The fourth-order valence-corrected chi connectivity index (χ4v) is 4.61. The summed E-state index contributed by atoms with van der Waals surface area (Å²) >= 11 is 1.55. The van der Waals surface area contributed by atoms with E-state index in [0.717, 1.165) is 17.1 Å². The first kappa shape index (κ1) is 16.8. The predicted molar refractivity (Wildman–Crippen MR) is 104 cm³/mol. The quantitative estimate of drug-likeness (QED) is 0.795. The molecule has 1 atom stereocenters. The van der Waals surface area contributed by atoms with Gasteiger partial charge in [0.15, 0.2) is 0 Å². The fraction of sp³-hybridized carbons (Fsp3) is 0.476. The molecule has 4 rings (SSSR count). The lowest BCUT2D eigenvalue weighted by molar-refractivity contribution is 0.102. The zero-order valence-corrected chi connectivity index (χ0v) is 15.6. The molecule has 1 aromatic carbocycles. The van der Waals surface area contributed by atoms with Gasteiger partial charge in [-0.05, 0) is 79.8 Å². The monoisotopic (exact) mass is 354 g/mol.